The van der Waals surface area contributed by atoms with Gasteiger partial charge in [0.15, 0.2) is 0 Å². The van der Waals surface area contributed by atoms with E-state index in [1.54, 1.807) is 25.1 Å². The average molecular weight is 432 g/mol. The summed E-state index contributed by atoms with van der Waals surface area (Å²) in [4.78, 5) is 39.5. The van der Waals surface area contributed by atoms with Gasteiger partial charge in [-0.3, -0.25) is 14.9 Å². The third-order valence-electron chi connectivity index (χ3n) is 4.53. The molecule has 27 heavy (non-hydrogen) atoms. The van der Waals surface area contributed by atoms with Crippen LogP contribution < -0.4 is 4.90 Å². The number of rotatable bonds is 4. The number of nitro groups is 1. The molecule has 1 aliphatic heterocycles. The highest BCUT2D eigenvalue weighted by Crippen LogP contribution is 2.38. The molecule has 1 aliphatic rings. The molecule has 0 aliphatic carbocycles. The van der Waals surface area contributed by atoms with Crippen molar-refractivity contribution in [2.75, 3.05) is 4.90 Å². The van der Waals surface area contributed by atoms with Crippen molar-refractivity contribution in [3.63, 3.8) is 0 Å². The molecular formula is C19H18BrN3O4. The number of halogens is 1. The molecule has 0 N–H and O–H groups in total. The van der Waals surface area contributed by atoms with E-state index in [1.807, 2.05) is 26.0 Å². The van der Waals surface area contributed by atoms with Crippen molar-refractivity contribution in [3.8, 4) is 0 Å². The van der Waals surface area contributed by atoms with Gasteiger partial charge >= 0.3 is 6.03 Å². The predicted molar refractivity (Wildman–Crippen MR) is 105 cm³/mol. The Bertz CT molecular complexity index is 927. The van der Waals surface area contributed by atoms with Crippen LogP contribution in [-0.2, 0) is 4.79 Å². The molecule has 7 nitrogen and oxygen atoms in total. The standard InChI is InChI=1S/C19H18BrN3O4/c1-11(2)21-17(13-5-7-14(20)8-6-13)18(24)22(19(21)25)16-10-15(23(26)27)9-4-12(16)3/h4-11,17H,1-3H3/t17-/m1/s1. The minimum atomic E-state index is -0.774. The molecule has 0 radical (unpaired) electrons. The summed E-state index contributed by atoms with van der Waals surface area (Å²) in [5, 5.41) is 11.1. The number of nitrogens with zero attached hydrogens (tertiary/aromatic N) is 3. The number of amides is 3. The van der Waals surface area contributed by atoms with Gasteiger partial charge in [0.25, 0.3) is 11.6 Å². The first-order valence-electron chi connectivity index (χ1n) is 8.39. The lowest BCUT2D eigenvalue weighted by Crippen LogP contribution is -2.37. The first kappa shape index (κ1) is 19.0. The maximum absolute atomic E-state index is 13.2. The van der Waals surface area contributed by atoms with Gasteiger partial charge in [-0.1, -0.05) is 34.1 Å². The summed E-state index contributed by atoms with van der Waals surface area (Å²) in [6, 6.07) is 9.90. The fourth-order valence-electron chi connectivity index (χ4n) is 3.20. The fraction of sp³-hybridized carbons (Fsp3) is 0.263. The van der Waals surface area contributed by atoms with Gasteiger partial charge in [0.05, 0.1) is 10.6 Å². The third-order valence-corrected chi connectivity index (χ3v) is 5.06. The highest BCUT2D eigenvalue weighted by Gasteiger charge is 2.48. The van der Waals surface area contributed by atoms with Crippen molar-refractivity contribution in [2.45, 2.75) is 32.9 Å². The largest absolute Gasteiger partial charge is 0.332 e. The molecule has 3 amide bonds. The molecule has 2 aromatic carbocycles. The number of nitro benzene ring substituents is 1. The number of benzene rings is 2. The highest BCUT2D eigenvalue weighted by atomic mass is 79.9. The van der Waals surface area contributed by atoms with Crippen LogP contribution in [-0.4, -0.2) is 27.8 Å². The molecule has 1 atom stereocenters. The zero-order valence-corrected chi connectivity index (χ0v) is 16.6. The average Bonchev–Trinajstić information content (AvgIpc) is 2.87. The lowest BCUT2D eigenvalue weighted by Gasteiger charge is -2.26. The number of non-ortho nitro benzene ring substituents is 1. The molecule has 8 heteroatoms. The number of aryl methyl sites for hydroxylation is 1. The molecule has 0 unspecified atom stereocenters. The molecule has 140 valence electrons. The molecule has 0 bridgehead atoms. The Morgan fingerprint density at radius 2 is 1.74 bits per heavy atom. The molecule has 1 heterocycles. The molecule has 2 aromatic rings. The van der Waals surface area contributed by atoms with Crippen molar-refractivity contribution < 1.29 is 14.5 Å². The molecule has 1 saturated heterocycles. The van der Waals surface area contributed by atoms with Crippen LogP contribution in [0.15, 0.2) is 46.9 Å². The number of anilines is 1. The van der Waals surface area contributed by atoms with E-state index in [1.165, 1.54) is 17.0 Å². The van der Waals surface area contributed by atoms with Crippen molar-refractivity contribution in [1.82, 2.24) is 4.90 Å². The summed E-state index contributed by atoms with van der Waals surface area (Å²) < 4.78 is 0.866. The Morgan fingerprint density at radius 1 is 1.11 bits per heavy atom. The van der Waals surface area contributed by atoms with E-state index in [0.717, 1.165) is 9.37 Å². The summed E-state index contributed by atoms with van der Waals surface area (Å²) in [7, 11) is 0. The van der Waals surface area contributed by atoms with Crippen molar-refractivity contribution in [2.24, 2.45) is 0 Å². The Kier molecular flexibility index (Phi) is 5.01. The first-order chi connectivity index (χ1) is 12.7. The van der Waals surface area contributed by atoms with Gasteiger partial charge in [0.2, 0.25) is 0 Å². The summed E-state index contributed by atoms with van der Waals surface area (Å²) in [6.45, 7) is 5.38. The first-order valence-corrected chi connectivity index (χ1v) is 9.18. The Labute approximate surface area is 164 Å². The van der Waals surface area contributed by atoms with Crippen molar-refractivity contribution in [1.29, 1.82) is 0 Å². The summed E-state index contributed by atoms with van der Waals surface area (Å²) in [6.07, 6.45) is 0. The van der Waals surface area contributed by atoms with Crippen LogP contribution >= 0.6 is 15.9 Å². The lowest BCUT2D eigenvalue weighted by atomic mass is 10.0. The molecule has 3 rings (SSSR count). The van der Waals surface area contributed by atoms with Gasteiger partial charge in [-0.15, -0.1) is 0 Å². The van der Waals surface area contributed by atoms with E-state index < -0.39 is 22.9 Å². The molecule has 0 spiro atoms. The topological polar surface area (TPSA) is 83.8 Å². The van der Waals surface area contributed by atoms with Gasteiger partial charge < -0.3 is 4.90 Å². The van der Waals surface area contributed by atoms with E-state index in [2.05, 4.69) is 15.9 Å². The van der Waals surface area contributed by atoms with E-state index >= 15 is 0 Å². The Hall–Kier alpha value is -2.74. The maximum Gasteiger partial charge on any atom is 0.332 e. The van der Waals surface area contributed by atoms with Crippen LogP contribution in [0.1, 0.15) is 31.0 Å². The second-order valence-electron chi connectivity index (χ2n) is 6.64. The molecule has 0 aromatic heterocycles. The number of carbonyl (C=O) groups is 2. The third kappa shape index (κ3) is 3.32. The molecule has 1 fully saturated rings. The van der Waals surface area contributed by atoms with Gasteiger partial charge in [0.1, 0.15) is 6.04 Å². The number of carbonyl (C=O) groups excluding carboxylic acids is 2. The quantitative estimate of drug-likeness (QED) is 0.402. The number of urea groups is 1. The van der Waals surface area contributed by atoms with Gasteiger partial charge in [-0.05, 0) is 44.0 Å². The minimum absolute atomic E-state index is 0.167. The second-order valence-corrected chi connectivity index (χ2v) is 7.55. The van der Waals surface area contributed by atoms with Crippen molar-refractivity contribution in [3.05, 3.63) is 68.2 Å². The number of hydrogen-bond donors (Lipinski definition) is 0. The van der Waals surface area contributed by atoms with Gasteiger partial charge in [-0.25, -0.2) is 9.69 Å². The van der Waals surface area contributed by atoms with Crippen LogP contribution in [0.5, 0.6) is 0 Å². The number of imide groups is 1. The Morgan fingerprint density at radius 3 is 2.30 bits per heavy atom. The lowest BCUT2D eigenvalue weighted by molar-refractivity contribution is -0.384. The van der Waals surface area contributed by atoms with Crippen LogP contribution in [0.3, 0.4) is 0 Å². The summed E-state index contributed by atoms with van der Waals surface area (Å²) in [5.41, 5.74) is 1.38. The monoisotopic (exact) mass is 431 g/mol. The van der Waals surface area contributed by atoms with E-state index in [0.29, 0.717) is 11.1 Å². The Balaban J connectivity index is 2.12. The van der Waals surface area contributed by atoms with E-state index in [9.17, 15) is 19.7 Å². The van der Waals surface area contributed by atoms with E-state index in [-0.39, 0.29) is 17.4 Å². The van der Waals surface area contributed by atoms with Gasteiger partial charge in [0, 0.05) is 22.6 Å². The van der Waals surface area contributed by atoms with E-state index in [4.69, 9.17) is 0 Å². The zero-order chi connectivity index (χ0) is 19.9. The second kappa shape index (κ2) is 7.11. The molecule has 0 saturated carbocycles. The van der Waals surface area contributed by atoms with Gasteiger partial charge in [-0.2, -0.15) is 0 Å². The molecular weight excluding hydrogens is 414 g/mol. The SMILES string of the molecule is Cc1ccc([N+](=O)[O-])cc1N1C(=O)[C@@H](c2ccc(Br)cc2)N(C(C)C)C1=O. The smallest absolute Gasteiger partial charge is 0.305 e. The van der Waals surface area contributed by atoms with Crippen LogP contribution in [0, 0.1) is 17.0 Å². The normalized spacial score (nSPS) is 17.1. The van der Waals surface area contributed by atoms with Crippen molar-refractivity contribution >= 4 is 39.2 Å². The van der Waals surface area contributed by atoms with Crippen LogP contribution in [0.4, 0.5) is 16.2 Å². The fourth-order valence-corrected chi connectivity index (χ4v) is 3.47. The van der Waals surface area contributed by atoms with Crippen LogP contribution in [0.2, 0.25) is 0 Å². The summed E-state index contributed by atoms with van der Waals surface area (Å²) >= 11 is 3.36. The number of hydrogen-bond acceptors (Lipinski definition) is 4. The zero-order valence-electron chi connectivity index (χ0n) is 15.0. The maximum atomic E-state index is 13.2. The highest BCUT2D eigenvalue weighted by molar-refractivity contribution is 9.10. The predicted octanol–water partition coefficient (Wildman–Crippen LogP) is 4.58. The van der Waals surface area contributed by atoms with Crippen LogP contribution in [0.25, 0.3) is 0 Å². The minimum Gasteiger partial charge on any atom is -0.305 e. The summed E-state index contributed by atoms with van der Waals surface area (Å²) in [5.74, 6) is -0.417.